The highest BCUT2D eigenvalue weighted by Crippen LogP contribution is 2.30. The first-order chi connectivity index (χ1) is 8.27. The van der Waals surface area contributed by atoms with Crippen molar-refractivity contribution in [3.05, 3.63) is 28.5 Å². The van der Waals surface area contributed by atoms with Crippen LogP contribution in [0.25, 0.3) is 11.0 Å². The molecular weight excluding hydrogens is 278 g/mol. The highest BCUT2D eigenvalue weighted by molar-refractivity contribution is 9.10. The van der Waals surface area contributed by atoms with Gasteiger partial charge in [0.1, 0.15) is 5.82 Å². The molecule has 0 saturated carbocycles. The summed E-state index contributed by atoms with van der Waals surface area (Å²) < 4.78 is 3.52. The van der Waals surface area contributed by atoms with Crippen LogP contribution in [0, 0.1) is 6.92 Å². The molecule has 1 unspecified atom stereocenters. The number of nitrogens with one attached hydrogen (secondary N) is 1. The Hall–Kier alpha value is -0.870. The minimum absolute atomic E-state index is 0.535. The molecule has 3 rings (SSSR count). The van der Waals surface area contributed by atoms with E-state index < -0.39 is 0 Å². The molecule has 3 nitrogen and oxygen atoms in total. The van der Waals surface area contributed by atoms with Crippen LogP contribution in [0.4, 0.5) is 0 Å². The number of para-hydroxylation sites is 1. The molecule has 2 aromatic rings. The van der Waals surface area contributed by atoms with E-state index in [9.17, 15) is 0 Å². The molecule has 4 heteroatoms. The van der Waals surface area contributed by atoms with Gasteiger partial charge in [-0.1, -0.05) is 6.07 Å². The van der Waals surface area contributed by atoms with Crippen molar-refractivity contribution < 1.29 is 0 Å². The fourth-order valence-corrected chi connectivity index (χ4v) is 3.27. The largest absolute Gasteiger partial charge is 0.323 e. The molecular formula is C13H16BrN3. The molecule has 2 heterocycles. The molecule has 1 atom stereocenters. The average Bonchev–Trinajstić information content (AvgIpc) is 2.68. The molecule has 0 radical (unpaired) electrons. The number of aromatic nitrogens is 2. The van der Waals surface area contributed by atoms with E-state index in [0.29, 0.717) is 6.04 Å². The molecule has 1 fully saturated rings. The lowest BCUT2D eigenvalue weighted by Crippen LogP contribution is -2.32. The number of hydrogen-bond acceptors (Lipinski definition) is 2. The Balaban J connectivity index is 2.16. The van der Waals surface area contributed by atoms with Crippen molar-refractivity contribution in [2.75, 3.05) is 13.1 Å². The molecule has 0 spiro atoms. The number of fused-ring (bicyclic) bond motifs is 1. The summed E-state index contributed by atoms with van der Waals surface area (Å²) in [6.45, 7) is 4.29. The van der Waals surface area contributed by atoms with Crippen molar-refractivity contribution >= 4 is 27.0 Å². The van der Waals surface area contributed by atoms with E-state index in [2.05, 4.69) is 49.9 Å². The highest BCUT2D eigenvalue weighted by atomic mass is 79.9. The number of aryl methyl sites for hydroxylation is 1. The standard InChI is InChI=1S/C13H16BrN3/c1-9-16-12-6-2-5-11(14)13(12)17(9)10-4-3-7-15-8-10/h2,5-6,10,15H,3-4,7-8H2,1H3. The minimum atomic E-state index is 0.535. The van der Waals surface area contributed by atoms with Crippen molar-refractivity contribution in [1.82, 2.24) is 14.9 Å². The summed E-state index contributed by atoms with van der Waals surface area (Å²) in [5.74, 6) is 1.11. The fourth-order valence-electron chi connectivity index (χ4n) is 2.72. The first-order valence-electron chi connectivity index (χ1n) is 6.11. The molecule has 1 saturated heterocycles. The molecule has 1 N–H and O–H groups in total. The lowest BCUT2D eigenvalue weighted by molar-refractivity contribution is 0.373. The molecule has 0 aliphatic carbocycles. The third-order valence-electron chi connectivity index (χ3n) is 3.47. The van der Waals surface area contributed by atoms with Gasteiger partial charge in [-0.3, -0.25) is 0 Å². The van der Waals surface area contributed by atoms with Gasteiger partial charge in [0.25, 0.3) is 0 Å². The zero-order chi connectivity index (χ0) is 11.8. The number of benzene rings is 1. The molecule has 0 amide bonds. The maximum atomic E-state index is 4.65. The molecule has 0 bridgehead atoms. The van der Waals surface area contributed by atoms with E-state index in [0.717, 1.165) is 28.9 Å². The first-order valence-corrected chi connectivity index (χ1v) is 6.90. The van der Waals surface area contributed by atoms with Crippen LogP contribution in [-0.2, 0) is 0 Å². The van der Waals surface area contributed by atoms with Gasteiger partial charge in [0.15, 0.2) is 0 Å². The maximum absolute atomic E-state index is 4.65. The van der Waals surface area contributed by atoms with Crippen molar-refractivity contribution in [2.24, 2.45) is 0 Å². The third-order valence-corrected chi connectivity index (χ3v) is 4.11. The van der Waals surface area contributed by atoms with Crippen LogP contribution in [0.3, 0.4) is 0 Å². The highest BCUT2D eigenvalue weighted by Gasteiger charge is 2.20. The van der Waals surface area contributed by atoms with Gasteiger partial charge in [-0.15, -0.1) is 0 Å². The SMILES string of the molecule is Cc1nc2cccc(Br)c2n1C1CCCNC1. The van der Waals surface area contributed by atoms with Crippen molar-refractivity contribution in [2.45, 2.75) is 25.8 Å². The summed E-state index contributed by atoms with van der Waals surface area (Å²) in [7, 11) is 0. The van der Waals surface area contributed by atoms with Crippen LogP contribution in [0.5, 0.6) is 0 Å². The molecule has 1 aliphatic heterocycles. The predicted molar refractivity (Wildman–Crippen MR) is 73.3 cm³/mol. The van der Waals surface area contributed by atoms with E-state index in [1.807, 2.05) is 6.07 Å². The van der Waals surface area contributed by atoms with Gasteiger partial charge in [0.2, 0.25) is 0 Å². The topological polar surface area (TPSA) is 29.9 Å². The van der Waals surface area contributed by atoms with Gasteiger partial charge < -0.3 is 9.88 Å². The van der Waals surface area contributed by atoms with Gasteiger partial charge in [-0.25, -0.2) is 4.98 Å². The Morgan fingerprint density at radius 1 is 1.47 bits per heavy atom. The van der Waals surface area contributed by atoms with E-state index in [4.69, 9.17) is 0 Å². The van der Waals surface area contributed by atoms with E-state index >= 15 is 0 Å². The normalized spacial score (nSPS) is 20.9. The number of hydrogen-bond donors (Lipinski definition) is 1. The number of nitrogens with zero attached hydrogens (tertiary/aromatic N) is 2. The summed E-state index contributed by atoms with van der Waals surface area (Å²) in [5, 5.41) is 3.47. The van der Waals surface area contributed by atoms with Gasteiger partial charge in [0, 0.05) is 17.1 Å². The number of halogens is 1. The fraction of sp³-hybridized carbons (Fsp3) is 0.462. The minimum Gasteiger partial charge on any atom is -0.323 e. The van der Waals surface area contributed by atoms with Crippen molar-refractivity contribution in [1.29, 1.82) is 0 Å². The van der Waals surface area contributed by atoms with Crippen LogP contribution in [0.1, 0.15) is 24.7 Å². The average molecular weight is 294 g/mol. The van der Waals surface area contributed by atoms with Crippen LogP contribution in [0.2, 0.25) is 0 Å². The van der Waals surface area contributed by atoms with Gasteiger partial charge >= 0.3 is 0 Å². The molecule has 90 valence electrons. The van der Waals surface area contributed by atoms with E-state index in [1.54, 1.807) is 0 Å². The Labute approximate surface area is 109 Å². The number of rotatable bonds is 1. The zero-order valence-corrected chi connectivity index (χ0v) is 11.5. The quantitative estimate of drug-likeness (QED) is 0.876. The number of piperidine rings is 1. The van der Waals surface area contributed by atoms with Gasteiger partial charge in [0.05, 0.1) is 11.0 Å². The first kappa shape index (κ1) is 11.2. The van der Waals surface area contributed by atoms with Crippen LogP contribution in [-0.4, -0.2) is 22.6 Å². The van der Waals surface area contributed by atoms with E-state index in [-0.39, 0.29) is 0 Å². The second-order valence-electron chi connectivity index (χ2n) is 4.64. The van der Waals surface area contributed by atoms with Crippen LogP contribution >= 0.6 is 15.9 Å². The van der Waals surface area contributed by atoms with Crippen molar-refractivity contribution in [3.63, 3.8) is 0 Å². The third kappa shape index (κ3) is 1.89. The lowest BCUT2D eigenvalue weighted by Gasteiger charge is -2.26. The Bertz CT molecular complexity index is 541. The van der Waals surface area contributed by atoms with Crippen LogP contribution < -0.4 is 5.32 Å². The zero-order valence-electron chi connectivity index (χ0n) is 9.91. The lowest BCUT2D eigenvalue weighted by atomic mass is 10.1. The van der Waals surface area contributed by atoms with Gasteiger partial charge in [-0.2, -0.15) is 0 Å². The van der Waals surface area contributed by atoms with Gasteiger partial charge in [-0.05, 0) is 54.4 Å². The smallest absolute Gasteiger partial charge is 0.107 e. The Kier molecular flexibility index (Phi) is 2.92. The summed E-state index contributed by atoms with van der Waals surface area (Å²) in [5.41, 5.74) is 2.32. The predicted octanol–water partition coefficient (Wildman–Crippen LogP) is 3.03. The molecule has 1 aliphatic rings. The second-order valence-corrected chi connectivity index (χ2v) is 5.49. The molecule has 17 heavy (non-hydrogen) atoms. The summed E-state index contributed by atoms with van der Waals surface area (Å²) in [6, 6.07) is 6.76. The van der Waals surface area contributed by atoms with Crippen molar-refractivity contribution in [3.8, 4) is 0 Å². The Morgan fingerprint density at radius 2 is 2.35 bits per heavy atom. The molecule has 1 aromatic heterocycles. The summed E-state index contributed by atoms with van der Waals surface area (Å²) in [6.07, 6.45) is 2.48. The second kappa shape index (κ2) is 4.42. The maximum Gasteiger partial charge on any atom is 0.107 e. The Morgan fingerprint density at radius 3 is 3.12 bits per heavy atom. The van der Waals surface area contributed by atoms with E-state index in [1.165, 1.54) is 18.4 Å². The number of imidazole rings is 1. The summed E-state index contributed by atoms with van der Waals surface area (Å²) >= 11 is 3.65. The van der Waals surface area contributed by atoms with Crippen LogP contribution in [0.15, 0.2) is 22.7 Å². The summed E-state index contributed by atoms with van der Waals surface area (Å²) in [4.78, 5) is 4.65. The molecule has 1 aromatic carbocycles. The monoisotopic (exact) mass is 293 g/mol.